The molecule has 1 aliphatic heterocycles. The molecule has 0 radical (unpaired) electrons. The number of ether oxygens (including phenoxy) is 1. The van der Waals surface area contributed by atoms with Gasteiger partial charge < -0.3 is 14.9 Å². The smallest absolute Gasteiger partial charge is 0.247 e. The molecule has 2 heterocycles. The molecule has 0 aliphatic carbocycles. The summed E-state index contributed by atoms with van der Waals surface area (Å²) in [6.07, 6.45) is 5.00. The topological polar surface area (TPSA) is 110 Å². The zero-order valence-electron chi connectivity index (χ0n) is 16.0. The summed E-state index contributed by atoms with van der Waals surface area (Å²) in [4.78, 5) is 26.3. The third-order valence-corrected chi connectivity index (χ3v) is 5.09. The highest BCUT2D eigenvalue weighted by Crippen LogP contribution is 2.30. The predicted octanol–water partition coefficient (Wildman–Crippen LogP) is 3.17. The van der Waals surface area contributed by atoms with Gasteiger partial charge in [0, 0.05) is 6.42 Å². The average Bonchev–Trinajstić information content (AvgIpc) is 3.31. The molecule has 0 saturated carbocycles. The number of rotatable bonds is 8. The summed E-state index contributed by atoms with van der Waals surface area (Å²) in [5.41, 5.74) is 6.34. The number of nitrogens with two attached hydrogens (primary N) is 1. The van der Waals surface area contributed by atoms with Crippen LogP contribution in [0.15, 0.2) is 57.3 Å². The number of furan rings is 1. The summed E-state index contributed by atoms with van der Waals surface area (Å²) < 4.78 is 10.7. The summed E-state index contributed by atoms with van der Waals surface area (Å²) in [5, 5.41) is 7.12. The highest BCUT2D eigenvalue weighted by molar-refractivity contribution is 8.14. The highest BCUT2D eigenvalue weighted by Gasteiger charge is 2.40. The number of carbonyl (C=O) groups is 2. The predicted molar refractivity (Wildman–Crippen MR) is 113 cm³/mol. The Labute approximate surface area is 172 Å². The van der Waals surface area contributed by atoms with E-state index in [9.17, 15) is 9.59 Å². The van der Waals surface area contributed by atoms with Crippen molar-refractivity contribution in [1.29, 1.82) is 0 Å². The lowest BCUT2D eigenvalue weighted by molar-refractivity contribution is -0.121. The molecule has 2 aromatic rings. The van der Waals surface area contributed by atoms with Gasteiger partial charge >= 0.3 is 0 Å². The minimum atomic E-state index is -0.634. The zero-order chi connectivity index (χ0) is 20.6. The number of nitrogens with zero attached hydrogens (tertiary/aromatic N) is 3. The first-order chi connectivity index (χ1) is 14.1. The van der Waals surface area contributed by atoms with Gasteiger partial charge in [-0.15, -0.1) is 5.10 Å². The quantitative estimate of drug-likeness (QED) is 0.234. The molecular formula is C20H22N4O4S. The summed E-state index contributed by atoms with van der Waals surface area (Å²) in [6, 6.07) is 10.4. The van der Waals surface area contributed by atoms with E-state index in [1.54, 1.807) is 36.4 Å². The number of hydrogen-bond acceptors (Lipinski definition) is 7. The number of unbranched alkanes of at least 4 members (excludes halogenated alkanes) is 1. The van der Waals surface area contributed by atoms with Gasteiger partial charge in [0.2, 0.25) is 11.8 Å². The number of carbonyl (C=O) groups excluding carboxylic acids is 2. The van der Waals surface area contributed by atoms with Crippen molar-refractivity contribution < 1.29 is 18.7 Å². The lowest BCUT2D eigenvalue weighted by atomic mass is 10.2. The van der Waals surface area contributed by atoms with Crippen LogP contribution in [0.25, 0.3) is 0 Å². The van der Waals surface area contributed by atoms with Crippen molar-refractivity contribution >= 4 is 40.6 Å². The van der Waals surface area contributed by atoms with Gasteiger partial charge in [0.1, 0.15) is 16.8 Å². The molecule has 1 atom stereocenters. The van der Waals surface area contributed by atoms with Crippen LogP contribution in [0.3, 0.4) is 0 Å². The Hall–Kier alpha value is -3.07. The van der Waals surface area contributed by atoms with E-state index in [1.165, 1.54) is 17.4 Å². The van der Waals surface area contributed by atoms with E-state index in [2.05, 4.69) is 17.1 Å². The second-order valence-electron chi connectivity index (χ2n) is 6.27. The molecule has 1 fully saturated rings. The summed E-state index contributed by atoms with van der Waals surface area (Å²) in [7, 11) is 0. The molecule has 9 heteroatoms. The maximum Gasteiger partial charge on any atom is 0.247 e. The fourth-order valence-electron chi connectivity index (χ4n) is 2.67. The van der Waals surface area contributed by atoms with E-state index in [0.717, 1.165) is 24.6 Å². The van der Waals surface area contributed by atoms with Crippen LogP contribution >= 0.6 is 11.8 Å². The van der Waals surface area contributed by atoms with Crippen molar-refractivity contribution in [3.8, 4) is 5.75 Å². The van der Waals surface area contributed by atoms with E-state index < -0.39 is 5.25 Å². The minimum absolute atomic E-state index is 0.0520. The van der Waals surface area contributed by atoms with Crippen LogP contribution in [0, 0.1) is 0 Å². The van der Waals surface area contributed by atoms with Gasteiger partial charge in [-0.2, -0.15) is 5.10 Å². The van der Waals surface area contributed by atoms with Crippen molar-refractivity contribution in [3.63, 3.8) is 0 Å². The molecule has 152 valence electrons. The molecule has 0 spiro atoms. The number of thioether (sulfide) groups is 1. The largest absolute Gasteiger partial charge is 0.494 e. The number of hydrogen-bond donors (Lipinski definition) is 1. The molecule has 1 aliphatic rings. The van der Waals surface area contributed by atoms with Crippen LogP contribution in [-0.2, 0) is 9.59 Å². The van der Waals surface area contributed by atoms with Gasteiger partial charge in [0.15, 0.2) is 5.17 Å². The lowest BCUT2D eigenvalue weighted by Crippen LogP contribution is -2.31. The molecule has 29 heavy (non-hydrogen) atoms. The van der Waals surface area contributed by atoms with Crippen LogP contribution < -0.4 is 15.4 Å². The molecule has 1 unspecified atom stereocenters. The van der Waals surface area contributed by atoms with E-state index in [0.29, 0.717) is 23.8 Å². The number of amides is 2. The summed E-state index contributed by atoms with van der Waals surface area (Å²) in [6.45, 7) is 2.73. The van der Waals surface area contributed by atoms with Crippen molar-refractivity contribution in [2.24, 2.45) is 15.9 Å². The Morgan fingerprint density at radius 2 is 2.14 bits per heavy atom. The fourth-order valence-corrected chi connectivity index (χ4v) is 3.49. The van der Waals surface area contributed by atoms with Gasteiger partial charge in [0.05, 0.1) is 24.8 Å². The Morgan fingerprint density at radius 1 is 1.34 bits per heavy atom. The SMILES string of the molecule is CCCCOc1ccc(N2C(=O)CC(SC(N)=NN=Cc3ccco3)C2=O)cc1. The third-order valence-electron chi connectivity index (χ3n) is 4.11. The summed E-state index contributed by atoms with van der Waals surface area (Å²) in [5.74, 6) is 0.636. The van der Waals surface area contributed by atoms with Gasteiger partial charge in [0.25, 0.3) is 0 Å². The molecule has 8 nitrogen and oxygen atoms in total. The van der Waals surface area contributed by atoms with Gasteiger partial charge in [-0.25, -0.2) is 4.90 Å². The molecule has 1 saturated heterocycles. The molecule has 1 aromatic carbocycles. The first-order valence-corrected chi connectivity index (χ1v) is 10.1. The van der Waals surface area contributed by atoms with E-state index in [4.69, 9.17) is 14.9 Å². The first kappa shape index (κ1) is 20.7. The minimum Gasteiger partial charge on any atom is -0.494 e. The van der Waals surface area contributed by atoms with Crippen molar-refractivity contribution in [3.05, 3.63) is 48.4 Å². The maximum atomic E-state index is 12.7. The Balaban J connectivity index is 1.60. The van der Waals surface area contributed by atoms with Crippen molar-refractivity contribution in [2.75, 3.05) is 11.5 Å². The van der Waals surface area contributed by atoms with Crippen LogP contribution in [0.2, 0.25) is 0 Å². The van der Waals surface area contributed by atoms with Crippen LogP contribution in [0.1, 0.15) is 31.9 Å². The number of imide groups is 1. The first-order valence-electron chi connectivity index (χ1n) is 9.24. The molecule has 1 aromatic heterocycles. The van der Waals surface area contributed by atoms with E-state index in [-0.39, 0.29) is 23.4 Å². The molecule has 2 N–H and O–H groups in total. The van der Waals surface area contributed by atoms with Gasteiger partial charge in [-0.3, -0.25) is 9.59 Å². The molecular weight excluding hydrogens is 392 g/mol. The number of anilines is 1. The van der Waals surface area contributed by atoms with Gasteiger partial charge in [-0.1, -0.05) is 25.1 Å². The lowest BCUT2D eigenvalue weighted by Gasteiger charge is -2.15. The van der Waals surface area contributed by atoms with E-state index in [1.807, 2.05) is 0 Å². The molecule has 0 bridgehead atoms. The zero-order valence-corrected chi connectivity index (χ0v) is 16.8. The van der Waals surface area contributed by atoms with Crippen molar-refractivity contribution in [1.82, 2.24) is 0 Å². The maximum absolute atomic E-state index is 12.7. The Kier molecular flexibility index (Phi) is 7.07. The number of benzene rings is 1. The summed E-state index contributed by atoms with van der Waals surface area (Å²) >= 11 is 1.02. The molecule has 2 amide bonds. The van der Waals surface area contributed by atoms with E-state index >= 15 is 0 Å². The second kappa shape index (κ2) is 9.92. The fraction of sp³-hybridized carbons (Fsp3) is 0.300. The standard InChI is InChI=1S/C20H22N4O4S/c1-2-3-10-27-15-8-6-14(7-9-15)24-18(25)12-17(19(24)26)29-20(21)23-22-13-16-5-4-11-28-16/h4-9,11,13,17H,2-3,10,12H2,1H3,(H2,21,23). The third kappa shape index (κ3) is 5.47. The Bertz CT molecular complexity index is 894. The second-order valence-corrected chi connectivity index (χ2v) is 7.50. The monoisotopic (exact) mass is 414 g/mol. The van der Waals surface area contributed by atoms with Gasteiger partial charge in [-0.05, 0) is 42.8 Å². The van der Waals surface area contributed by atoms with Crippen LogP contribution in [0.4, 0.5) is 5.69 Å². The van der Waals surface area contributed by atoms with Crippen molar-refractivity contribution in [2.45, 2.75) is 31.4 Å². The Morgan fingerprint density at radius 3 is 2.83 bits per heavy atom. The number of amidine groups is 1. The highest BCUT2D eigenvalue weighted by atomic mass is 32.2. The van der Waals surface area contributed by atoms with Crippen LogP contribution in [-0.4, -0.2) is 35.1 Å². The van der Waals surface area contributed by atoms with Crippen LogP contribution in [0.5, 0.6) is 5.75 Å². The molecule has 3 rings (SSSR count). The normalized spacial score (nSPS) is 17.5. The average molecular weight is 414 g/mol.